The Bertz CT molecular complexity index is 1190. The lowest BCUT2D eigenvalue weighted by Gasteiger charge is -2.31. The molecular weight excluding hydrogens is 460 g/mol. The predicted molar refractivity (Wildman–Crippen MR) is 118 cm³/mol. The molecule has 27 heavy (non-hydrogen) atoms. The molecule has 2 aliphatic carbocycles. The molecule has 0 heterocycles. The molecule has 0 amide bonds. The summed E-state index contributed by atoms with van der Waals surface area (Å²) in [7, 11) is 0. The van der Waals surface area contributed by atoms with Gasteiger partial charge in [0.15, 0.2) is 0 Å². The Kier molecular flexibility index (Phi) is 3.19. The minimum atomic E-state index is -0.276. The van der Waals surface area contributed by atoms with Gasteiger partial charge >= 0.3 is 0 Å². The van der Waals surface area contributed by atoms with Gasteiger partial charge in [0.2, 0.25) is 0 Å². The second-order valence-electron chi connectivity index (χ2n) is 7.17. The van der Waals surface area contributed by atoms with Gasteiger partial charge in [-0.25, -0.2) is 0 Å². The van der Waals surface area contributed by atoms with E-state index in [0.717, 1.165) is 8.95 Å². The lowest BCUT2D eigenvalue weighted by Crippen LogP contribution is -2.26. The fourth-order valence-corrected chi connectivity index (χ4v) is 6.09. The van der Waals surface area contributed by atoms with E-state index >= 15 is 0 Å². The third kappa shape index (κ3) is 1.78. The molecule has 2 aliphatic rings. The van der Waals surface area contributed by atoms with Crippen LogP contribution in [0.3, 0.4) is 0 Å². The third-order valence-corrected chi connectivity index (χ3v) is 8.06. The van der Waals surface area contributed by atoms with Crippen molar-refractivity contribution in [2.24, 2.45) is 0 Å². The van der Waals surface area contributed by atoms with Crippen LogP contribution in [-0.4, -0.2) is 0 Å². The van der Waals surface area contributed by atoms with Crippen molar-refractivity contribution in [3.63, 3.8) is 0 Å². The summed E-state index contributed by atoms with van der Waals surface area (Å²) in [4.78, 5) is 0. The van der Waals surface area contributed by atoms with Crippen molar-refractivity contribution in [1.82, 2.24) is 0 Å². The van der Waals surface area contributed by atoms with Gasteiger partial charge in [0.1, 0.15) is 0 Å². The second-order valence-corrected chi connectivity index (χ2v) is 8.82. The molecule has 4 aromatic carbocycles. The van der Waals surface area contributed by atoms with E-state index in [1.165, 1.54) is 44.5 Å². The Morgan fingerprint density at radius 2 is 0.926 bits per heavy atom. The Hall–Kier alpha value is -2.16. The number of benzene rings is 4. The molecule has 0 aliphatic heterocycles. The first kappa shape index (κ1) is 15.9. The monoisotopic (exact) mass is 472 g/mol. The van der Waals surface area contributed by atoms with E-state index < -0.39 is 0 Å². The van der Waals surface area contributed by atoms with Gasteiger partial charge in [0, 0.05) is 8.95 Å². The van der Waals surface area contributed by atoms with Crippen LogP contribution < -0.4 is 0 Å². The maximum atomic E-state index is 3.93. The zero-order chi connectivity index (χ0) is 18.2. The molecule has 0 N–H and O–H groups in total. The Morgan fingerprint density at radius 3 is 1.44 bits per heavy atom. The zero-order valence-corrected chi connectivity index (χ0v) is 17.5. The smallest absolute Gasteiger partial charge is 0.0619 e. The minimum Gasteiger partial charge on any atom is -0.0619 e. The number of rotatable bonds is 0. The quantitative estimate of drug-likeness (QED) is 0.213. The fourth-order valence-electron chi connectivity index (χ4n) is 5.12. The van der Waals surface area contributed by atoms with Crippen LogP contribution in [-0.2, 0) is 5.41 Å². The molecule has 128 valence electrons. The molecule has 0 saturated heterocycles. The zero-order valence-electron chi connectivity index (χ0n) is 14.3. The molecule has 0 fully saturated rings. The summed E-state index contributed by atoms with van der Waals surface area (Å²) in [5, 5.41) is 0. The van der Waals surface area contributed by atoms with Crippen molar-refractivity contribution in [1.29, 1.82) is 0 Å². The SMILES string of the molecule is Brc1ccc2c(c1Br)C1(c3ccccc3-c3ccccc31)c1ccccc1-2. The van der Waals surface area contributed by atoms with E-state index in [1.54, 1.807) is 0 Å². The number of halogens is 2. The Labute approximate surface area is 175 Å². The molecule has 1 spiro atoms. The molecule has 0 saturated carbocycles. The lowest BCUT2D eigenvalue weighted by atomic mass is 9.70. The fraction of sp³-hybridized carbons (Fsp3) is 0.0400. The van der Waals surface area contributed by atoms with Crippen LogP contribution >= 0.6 is 31.9 Å². The summed E-state index contributed by atoms with van der Waals surface area (Å²) in [6.45, 7) is 0. The minimum absolute atomic E-state index is 0.276. The molecular formula is C25H14Br2. The average Bonchev–Trinajstić information content (AvgIpc) is 3.18. The van der Waals surface area contributed by atoms with Crippen molar-refractivity contribution in [3.05, 3.63) is 116 Å². The van der Waals surface area contributed by atoms with Gasteiger partial charge < -0.3 is 0 Å². The maximum absolute atomic E-state index is 3.93. The second kappa shape index (κ2) is 5.43. The van der Waals surface area contributed by atoms with Gasteiger partial charge in [-0.2, -0.15) is 0 Å². The summed E-state index contributed by atoms with van der Waals surface area (Å²) in [6, 6.07) is 31.0. The van der Waals surface area contributed by atoms with E-state index in [1.807, 2.05) is 0 Å². The van der Waals surface area contributed by atoms with Gasteiger partial charge in [-0.3, -0.25) is 0 Å². The summed E-state index contributed by atoms with van der Waals surface area (Å²) in [6.07, 6.45) is 0. The Morgan fingerprint density at radius 1 is 0.481 bits per heavy atom. The van der Waals surface area contributed by atoms with E-state index in [2.05, 4.69) is 117 Å². The van der Waals surface area contributed by atoms with Crippen molar-refractivity contribution in [2.45, 2.75) is 5.41 Å². The highest BCUT2D eigenvalue weighted by atomic mass is 79.9. The first-order valence-electron chi connectivity index (χ1n) is 9.02. The van der Waals surface area contributed by atoms with E-state index in [9.17, 15) is 0 Å². The summed E-state index contributed by atoms with van der Waals surface area (Å²) < 4.78 is 2.23. The highest BCUT2D eigenvalue weighted by Crippen LogP contribution is 2.64. The number of hydrogen-bond donors (Lipinski definition) is 0. The van der Waals surface area contributed by atoms with Gasteiger partial charge in [-0.1, -0.05) is 78.9 Å². The molecule has 0 unspecified atom stereocenters. The molecule has 6 rings (SSSR count). The largest absolute Gasteiger partial charge is 0.0736 e. The van der Waals surface area contributed by atoms with Crippen LogP contribution in [0.4, 0.5) is 0 Å². The van der Waals surface area contributed by atoms with Gasteiger partial charge in [0.25, 0.3) is 0 Å². The van der Waals surface area contributed by atoms with Crippen LogP contribution in [0.25, 0.3) is 22.3 Å². The predicted octanol–water partition coefficient (Wildman–Crippen LogP) is 7.56. The van der Waals surface area contributed by atoms with Crippen molar-refractivity contribution < 1.29 is 0 Å². The Balaban J connectivity index is 1.90. The molecule has 2 heteroatoms. The van der Waals surface area contributed by atoms with Crippen LogP contribution in [0.15, 0.2) is 93.9 Å². The molecule has 0 radical (unpaired) electrons. The molecule has 0 bridgehead atoms. The summed E-state index contributed by atoms with van der Waals surface area (Å²) >= 11 is 7.69. The summed E-state index contributed by atoms with van der Waals surface area (Å²) in [5.74, 6) is 0. The standard InChI is InChI=1S/C25H14Br2/c26-22-14-13-18-17-9-3-6-12-21(17)25(23(18)24(22)27)19-10-4-1-7-15(19)16-8-2-5-11-20(16)25/h1-14H. The highest BCUT2D eigenvalue weighted by molar-refractivity contribution is 9.13. The van der Waals surface area contributed by atoms with Crippen molar-refractivity contribution in [2.75, 3.05) is 0 Å². The van der Waals surface area contributed by atoms with E-state index in [4.69, 9.17) is 0 Å². The molecule has 0 atom stereocenters. The van der Waals surface area contributed by atoms with Gasteiger partial charge in [0.05, 0.1) is 5.41 Å². The third-order valence-electron chi connectivity index (χ3n) is 6.04. The molecule has 4 aromatic rings. The lowest BCUT2D eigenvalue weighted by molar-refractivity contribution is 0.788. The first-order chi connectivity index (χ1) is 13.2. The van der Waals surface area contributed by atoms with E-state index in [-0.39, 0.29) is 5.41 Å². The van der Waals surface area contributed by atoms with Crippen LogP contribution in [0.5, 0.6) is 0 Å². The van der Waals surface area contributed by atoms with Crippen LogP contribution in [0.2, 0.25) is 0 Å². The number of fused-ring (bicyclic) bond motifs is 10. The van der Waals surface area contributed by atoms with Crippen molar-refractivity contribution >= 4 is 31.9 Å². The molecule has 0 nitrogen and oxygen atoms in total. The maximum Gasteiger partial charge on any atom is 0.0736 e. The summed E-state index contributed by atoms with van der Waals surface area (Å²) in [5.41, 5.74) is 10.5. The van der Waals surface area contributed by atoms with Crippen LogP contribution in [0, 0.1) is 0 Å². The molecule has 0 aromatic heterocycles. The van der Waals surface area contributed by atoms with E-state index in [0.29, 0.717) is 0 Å². The van der Waals surface area contributed by atoms with Crippen molar-refractivity contribution in [3.8, 4) is 22.3 Å². The van der Waals surface area contributed by atoms with Crippen LogP contribution in [0.1, 0.15) is 22.3 Å². The van der Waals surface area contributed by atoms with Gasteiger partial charge in [-0.15, -0.1) is 0 Å². The topological polar surface area (TPSA) is 0 Å². The average molecular weight is 474 g/mol. The highest BCUT2D eigenvalue weighted by Gasteiger charge is 2.52. The normalized spacial score (nSPS) is 14.6. The first-order valence-corrected chi connectivity index (χ1v) is 10.6. The van der Waals surface area contributed by atoms with Gasteiger partial charge in [-0.05, 0) is 82.4 Å². The number of hydrogen-bond acceptors (Lipinski definition) is 0.